The molecule has 0 aromatic heterocycles. The fourth-order valence-electron chi connectivity index (χ4n) is 1.75. The molecule has 2 rings (SSSR count). The highest BCUT2D eigenvalue weighted by Gasteiger charge is 2.07. The molecule has 0 fully saturated rings. The smallest absolute Gasteiger partial charge is 0.224 e. The summed E-state index contributed by atoms with van der Waals surface area (Å²) in [5.74, 6) is -1.16. The van der Waals surface area contributed by atoms with E-state index in [9.17, 15) is 13.6 Å². The molecule has 0 aliphatic rings. The van der Waals surface area contributed by atoms with Gasteiger partial charge in [0.2, 0.25) is 5.91 Å². The van der Waals surface area contributed by atoms with Gasteiger partial charge in [0.05, 0.1) is 5.02 Å². The fourth-order valence-corrected chi connectivity index (χ4v) is 1.93. The summed E-state index contributed by atoms with van der Waals surface area (Å²) in [5, 5.41) is 2.53. The molecule has 0 aliphatic carbocycles. The molecular formula is C15H12ClF2NO. The maximum Gasteiger partial charge on any atom is 0.224 e. The van der Waals surface area contributed by atoms with Crippen LogP contribution in [0.5, 0.6) is 0 Å². The Bertz CT molecular complexity index is 631. The summed E-state index contributed by atoms with van der Waals surface area (Å²) in [4.78, 5) is 11.7. The summed E-state index contributed by atoms with van der Waals surface area (Å²) < 4.78 is 26.3. The summed E-state index contributed by atoms with van der Waals surface area (Å²) in [5.41, 5.74) is 0.898. The number of benzene rings is 2. The molecule has 0 spiro atoms. The van der Waals surface area contributed by atoms with Crippen LogP contribution in [0.3, 0.4) is 0 Å². The topological polar surface area (TPSA) is 29.1 Å². The van der Waals surface area contributed by atoms with Crippen molar-refractivity contribution in [2.24, 2.45) is 0 Å². The van der Waals surface area contributed by atoms with Crippen molar-refractivity contribution in [2.75, 3.05) is 5.32 Å². The van der Waals surface area contributed by atoms with Gasteiger partial charge in [0, 0.05) is 12.1 Å². The van der Waals surface area contributed by atoms with Gasteiger partial charge < -0.3 is 5.32 Å². The Morgan fingerprint density at radius 3 is 2.55 bits per heavy atom. The molecule has 0 aliphatic heterocycles. The Balaban J connectivity index is 1.93. The molecule has 104 valence electrons. The molecule has 2 nitrogen and oxygen atoms in total. The third kappa shape index (κ3) is 3.78. The van der Waals surface area contributed by atoms with Crippen LogP contribution >= 0.6 is 11.6 Å². The van der Waals surface area contributed by atoms with Gasteiger partial charge in [-0.25, -0.2) is 8.78 Å². The van der Waals surface area contributed by atoms with Crippen molar-refractivity contribution in [3.05, 3.63) is 64.7 Å². The highest BCUT2D eigenvalue weighted by Crippen LogP contribution is 2.19. The van der Waals surface area contributed by atoms with E-state index in [-0.39, 0.29) is 23.2 Å². The summed E-state index contributed by atoms with van der Waals surface area (Å²) in [7, 11) is 0. The van der Waals surface area contributed by atoms with E-state index in [2.05, 4.69) is 5.32 Å². The van der Waals surface area contributed by atoms with Gasteiger partial charge in [-0.15, -0.1) is 0 Å². The van der Waals surface area contributed by atoms with Crippen LogP contribution < -0.4 is 5.32 Å². The van der Waals surface area contributed by atoms with Gasteiger partial charge in [0.1, 0.15) is 11.6 Å². The lowest BCUT2D eigenvalue weighted by Gasteiger charge is -2.06. The average Bonchev–Trinajstić information content (AvgIpc) is 2.42. The third-order valence-electron chi connectivity index (χ3n) is 2.78. The zero-order valence-electron chi connectivity index (χ0n) is 10.5. The number of aryl methyl sites for hydroxylation is 1. The van der Waals surface area contributed by atoms with Crippen LogP contribution in [-0.2, 0) is 11.2 Å². The number of rotatable bonds is 4. The number of halogens is 3. The van der Waals surface area contributed by atoms with Crippen LogP contribution in [0.25, 0.3) is 0 Å². The first kappa shape index (κ1) is 14.5. The predicted octanol–water partition coefficient (Wildman–Crippen LogP) is 4.19. The summed E-state index contributed by atoms with van der Waals surface area (Å²) >= 11 is 5.62. The maximum atomic E-state index is 13.4. The highest BCUT2D eigenvalue weighted by molar-refractivity contribution is 6.31. The number of nitrogens with one attached hydrogen (secondary N) is 1. The number of carbonyl (C=O) groups is 1. The number of hydrogen-bond donors (Lipinski definition) is 1. The van der Waals surface area contributed by atoms with Crippen molar-refractivity contribution in [2.45, 2.75) is 12.8 Å². The van der Waals surface area contributed by atoms with Gasteiger partial charge >= 0.3 is 0 Å². The molecular weight excluding hydrogens is 284 g/mol. The quantitative estimate of drug-likeness (QED) is 0.900. The molecule has 0 heterocycles. The van der Waals surface area contributed by atoms with Gasteiger partial charge in [-0.3, -0.25) is 4.79 Å². The zero-order valence-corrected chi connectivity index (χ0v) is 11.3. The Morgan fingerprint density at radius 2 is 1.85 bits per heavy atom. The van der Waals surface area contributed by atoms with Crippen LogP contribution in [0.4, 0.5) is 14.5 Å². The molecule has 1 N–H and O–H groups in total. The molecule has 20 heavy (non-hydrogen) atoms. The van der Waals surface area contributed by atoms with Gasteiger partial charge in [-0.05, 0) is 36.2 Å². The van der Waals surface area contributed by atoms with Crippen molar-refractivity contribution in [3.63, 3.8) is 0 Å². The number of amides is 1. The van der Waals surface area contributed by atoms with Crippen LogP contribution in [-0.4, -0.2) is 5.91 Å². The molecule has 1 amide bonds. The van der Waals surface area contributed by atoms with E-state index in [1.165, 1.54) is 24.3 Å². The lowest BCUT2D eigenvalue weighted by Crippen LogP contribution is -2.12. The lowest BCUT2D eigenvalue weighted by molar-refractivity contribution is -0.116. The van der Waals surface area contributed by atoms with Crippen molar-refractivity contribution < 1.29 is 13.6 Å². The Morgan fingerprint density at radius 1 is 1.10 bits per heavy atom. The Hall–Kier alpha value is -1.94. The molecule has 0 radical (unpaired) electrons. The van der Waals surface area contributed by atoms with Gasteiger partial charge in [-0.1, -0.05) is 29.8 Å². The van der Waals surface area contributed by atoms with E-state index < -0.39 is 5.82 Å². The van der Waals surface area contributed by atoms with Crippen molar-refractivity contribution in [1.29, 1.82) is 0 Å². The van der Waals surface area contributed by atoms with E-state index >= 15 is 0 Å². The van der Waals surface area contributed by atoms with Crippen molar-refractivity contribution in [1.82, 2.24) is 0 Å². The van der Waals surface area contributed by atoms with Crippen LogP contribution in [0.15, 0.2) is 42.5 Å². The highest BCUT2D eigenvalue weighted by atomic mass is 35.5. The van der Waals surface area contributed by atoms with Gasteiger partial charge in [0.15, 0.2) is 0 Å². The SMILES string of the molecule is O=C(CCc1ccccc1F)Nc1ccc(F)c(Cl)c1. The fraction of sp³-hybridized carbons (Fsp3) is 0.133. The third-order valence-corrected chi connectivity index (χ3v) is 3.07. The molecule has 0 bridgehead atoms. The van der Waals surface area contributed by atoms with Crippen molar-refractivity contribution in [3.8, 4) is 0 Å². The standard InChI is InChI=1S/C15H12ClF2NO/c16-12-9-11(6-7-14(12)18)19-15(20)8-5-10-3-1-2-4-13(10)17/h1-4,6-7,9H,5,8H2,(H,19,20). The van der Waals surface area contributed by atoms with Crippen molar-refractivity contribution >= 4 is 23.2 Å². The van der Waals surface area contributed by atoms with E-state index in [1.54, 1.807) is 18.2 Å². The van der Waals surface area contributed by atoms with Gasteiger partial charge in [-0.2, -0.15) is 0 Å². The summed E-state index contributed by atoms with van der Waals surface area (Å²) in [6.07, 6.45) is 0.434. The molecule has 2 aromatic carbocycles. The first-order valence-electron chi connectivity index (χ1n) is 6.04. The lowest BCUT2D eigenvalue weighted by atomic mass is 10.1. The first-order chi connectivity index (χ1) is 9.56. The van der Waals surface area contributed by atoms with E-state index in [0.29, 0.717) is 17.7 Å². The Labute approximate surface area is 120 Å². The molecule has 0 saturated heterocycles. The average molecular weight is 296 g/mol. The normalized spacial score (nSPS) is 10.3. The van der Waals surface area contributed by atoms with E-state index in [4.69, 9.17) is 11.6 Å². The predicted molar refractivity (Wildman–Crippen MR) is 74.8 cm³/mol. The number of hydrogen-bond acceptors (Lipinski definition) is 1. The summed E-state index contributed by atoms with van der Waals surface area (Å²) in [6, 6.07) is 10.2. The van der Waals surface area contributed by atoms with E-state index in [1.807, 2.05) is 0 Å². The monoisotopic (exact) mass is 295 g/mol. The zero-order chi connectivity index (χ0) is 14.5. The van der Waals surface area contributed by atoms with Crippen LogP contribution in [0.1, 0.15) is 12.0 Å². The summed E-state index contributed by atoms with van der Waals surface area (Å²) in [6.45, 7) is 0. The molecule has 0 saturated carbocycles. The number of anilines is 1. The van der Waals surface area contributed by atoms with Crippen LogP contribution in [0.2, 0.25) is 5.02 Å². The molecule has 0 unspecified atom stereocenters. The van der Waals surface area contributed by atoms with E-state index in [0.717, 1.165) is 0 Å². The largest absolute Gasteiger partial charge is 0.326 e. The minimum atomic E-state index is -0.545. The molecule has 2 aromatic rings. The minimum absolute atomic E-state index is 0.0584. The molecule has 5 heteroatoms. The second-order valence-corrected chi connectivity index (χ2v) is 4.68. The second kappa shape index (κ2) is 6.48. The Kier molecular flexibility index (Phi) is 4.69. The minimum Gasteiger partial charge on any atom is -0.326 e. The maximum absolute atomic E-state index is 13.4. The molecule has 0 atom stereocenters. The van der Waals surface area contributed by atoms with Gasteiger partial charge in [0.25, 0.3) is 0 Å². The second-order valence-electron chi connectivity index (χ2n) is 4.27. The first-order valence-corrected chi connectivity index (χ1v) is 6.42. The number of carbonyl (C=O) groups excluding carboxylic acids is 1. The van der Waals surface area contributed by atoms with Crippen LogP contribution in [0, 0.1) is 11.6 Å².